The van der Waals surface area contributed by atoms with Gasteiger partial charge in [0, 0.05) is 10.8 Å². The summed E-state index contributed by atoms with van der Waals surface area (Å²) in [6.07, 6.45) is 5.25. The highest BCUT2D eigenvalue weighted by atomic mass is 28.4. The average Bonchev–Trinajstić information content (AvgIpc) is 3.39. The first-order valence-electron chi connectivity index (χ1n) is 13.1. The Kier molecular flexibility index (Phi) is 5.42. The number of aliphatic hydroxyl groups excluding tert-OH is 1. The molecule has 182 valence electrons. The molecule has 0 radical (unpaired) electrons. The van der Waals surface area contributed by atoms with Crippen LogP contribution in [0.25, 0.3) is 0 Å². The molecule has 1 N–H and O–H groups in total. The highest BCUT2D eigenvalue weighted by Crippen LogP contribution is 2.89. The number of aliphatic hydroxyl groups is 1. The number of hydrogen-bond donors (Lipinski definition) is 1. The Bertz CT molecular complexity index is 921. The molecule has 4 heteroatoms. The lowest BCUT2D eigenvalue weighted by atomic mass is 9.34. The lowest BCUT2D eigenvalue weighted by Crippen LogP contribution is -2.69. The third-order valence-electron chi connectivity index (χ3n) is 10.9. The fraction of sp³-hybridized carbons (Fsp3) is 0.724. The zero-order valence-corrected chi connectivity index (χ0v) is 22.6. The fourth-order valence-corrected chi connectivity index (χ4v) is 9.51. The predicted octanol–water partition coefficient (Wildman–Crippen LogP) is 6.73. The van der Waals surface area contributed by atoms with E-state index in [1.165, 1.54) is 24.0 Å². The van der Waals surface area contributed by atoms with Gasteiger partial charge in [-0.1, -0.05) is 76.6 Å². The Morgan fingerprint density at radius 1 is 1.18 bits per heavy atom. The van der Waals surface area contributed by atoms with Gasteiger partial charge in [-0.15, -0.1) is 0 Å². The first kappa shape index (κ1) is 23.8. The van der Waals surface area contributed by atoms with E-state index in [0.717, 1.165) is 25.9 Å². The molecular formula is C29H44O3Si. The van der Waals surface area contributed by atoms with Crippen LogP contribution in [-0.4, -0.2) is 32.2 Å². The molecule has 0 aliphatic heterocycles. The van der Waals surface area contributed by atoms with Crippen LogP contribution in [0.2, 0.25) is 18.1 Å². The summed E-state index contributed by atoms with van der Waals surface area (Å²) in [5.74, 6) is 1.23. The highest BCUT2D eigenvalue weighted by molar-refractivity contribution is 6.74. The molecule has 5 aliphatic rings. The zero-order valence-electron chi connectivity index (χ0n) is 21.6. The first-order valence-corrected chi connectivity index (χ1v) is 16.0. The Hall–Kier alpha value is -0.943. The van der Waals surface area contributed by atoms with Crippen molar-refractivity contribution in [2.75, 3.05) is 6.61 Å². The van der Waals surface area contributed by atoms with Crippen molar-refractivity contribution < 1.29 is 14.3 Å². The van der Waals surface area contributed by atoms with Crippen LogP contribution in [0.5, 0.6) is 0 Å². The van der Waals surface area contributed by atoms with Crippen molar-refractivity contribution >= 4 is 8.32 Å². The van der Waals surface area contributed by atoms with E-state index < -0.39 is 8.32 Å². The molecule has 33 heavy (non-hydrogen) atoms. The number of rotatable bonds is 7. The molecule has 0 saturated heterocycles. The van der Waals surface area contributed by atoms with Gasteiger partial charge >= 0.3 is 0 Å². The molecule has 2 bridgehead atoms. The molecular weight excluding hydrogens is 424 g/mol. The molecule has 0 amide bonds. The summed E-state index contributed by atoms with van der Waals surface area (Å²) in [5.41, 5.74) is 2.52. The van der Waals surface area contributed by atoms with Crippen LogP contribution in [0.3, 0.4) is 0 Å². The summed E-state index contributed by atoms with van der Waals surface area (Å²) < 4.78 is 13.3. The van der Waals surface area contributed by atoms with Gasteiger partial charge in [-0.25, -0.2) is 0 Å². The fourth-order valence-electron chi connectivity index (χ4n) is 8.17. The smallest absolute Gasteiger partial charge is 0.192 e. The minimum absolute atomic E-state index is 0.0978. The summed E-state index contributed by atoms with van der Waals surface area (Å²) in [4.78, 5) is 0. The molecule has 5 saturated carbocycles. The van der Waals surface area contributed by atoms with Crippen LogP contribution in [0, 0.1) is 28.1 Å². The molecule has 1 aromatic rings. The van der Waals surface area contributed by atoms with E-state index in [2.05, 4.69) is 71.1 Å². The molecule has 6 rings (SSSR count). The van der Waals surface area contributed by atoms with Gasteiger partial charge in [-0.05, 0) is 66.6 Å². The van der Waals surface area contributed by atoms with Crippen molar-refractivity contribution in [3.8, 4) is 0 Å². The molecule has 0 aromatic heterocycles. The van der Waals surface area contributed by atoms with E-state index in [0.29, 0.717) is 18.4 Å². The molecule has 5 fully saturated rings. The second-order valence-electron chi connectivity index (χ2n) is 13.2. The van der Waals surface area contributed by atoms with Crippen molar-refractivity contribution in [3.05, 3.63) is 48.0 Å². The van der Waals surface area contributed by atoms with Crippen molar-refractivity contribution in [2.24, 2.45) is 28.1 Å². The van der Waals surface area contributed by atoms with Crippen LogP contribution in [0.15, 0.2) is 42.5 Å². The van der Waals surface area contributed by atoms with E-state index in [1.807, 2.05) is 0 Å². The van der Waals surface area contributed by atoms with Crippen LogP contribution in [0.4, 0.5) is 0 Å². The Balaban J connectivity index is 1.37. The van der Waals surface area contributed by atoms with E-state index in [4.69, 9.17) is 15.7 Å². The zero-order chi connectivity index (χ0) is 23.9. The molecule has 1 spiro atoms. The number of ether oxygens (including phenoxy) is 1. The summed E-state index contributed by atoms with van der Waals surface area (Å²) in [7, 11) is -1.96. The number of benzene rings is 1. The monoisotopic (exact) mass is 468 g/mol. The quantitative estimate of drug-likeness (QED) is 0.356. The number of fused-ring (bicyclic) bond motifs is 1. The lowest BCUT2D eigenvalue weighted by Gasteiger charge is -2.70. The van der Waals surface area contributed by atoms with Gasteiger partial charge < -0.3 is 14.3 Å². The second-order valence-corrected chi connectivity index (χ2v) is 18.0. The summed E-state index contributed by atoms with van der Waals surface area (Å²) in [6.45, 7) is 20.4. The van der Waals surface area contributed by atoms with Gasteiger partial charge in [0.25, 0.3) is 0 Å². The van der Waals surface area contributed by atoms with Gasteiger partial charge in [0.05, 0.1) is 25.4 Å². The molecule has 7 atom stereocenters. The second kappa shape index (κ2) is 7.53. The minimum atomic E-state index is -1.96. The van der Waals surface area contributed by atoms with Crippen LogP contribution >= 0.6 is 0 Å². The first-order chi connectivity index (χ1) is 15.4. The van der Waals surface area contributed by atoms with Gasteiger partial charge in [0.1, 0.15) is 0 Å². The molecule has 5 aliphatic carbocycles. The summed E-state index contributed by atoms with van der Waals surface area (Å²) in [6, 6.07) is 10.5. The third-order valence-corrected chi connectivity index (χ3v) is 15.4. The Morgan fingerprint density at radius 3 is 2.55 bits per heavy atom. The SMILES string of the molecule is C=C1[C@@]23[C@H](O)CCC[C@@]2(C)[C@]1([C@@H]1C[C@H]1COCc1ccccc1)C[C@@H]3O[Si](C)(C)C(C)(C)C. The van der Waals surface area contributed by atoms with Crippen LogP contribution < -0.4 is 0 Å². The molecule has 0 heterocycles. The van der Waals surface area contributed by atoms with Gasteiger partial charge in [-0.3, -0.25) is 0 Å². The van der Waals surface area contributed by atoms with Gasteiger partial charge in [0.2, 0.25) is 0 Å². The summed E-state index contributed by atoms with van der Waals surface area (Å²) in [5, 5.41) is 11.6. The minimum Gasteiger partial charge on any atom is -0.413 e. The van der Waals surface area contributed by atoms with Crippen LogP contribution in [0.1, 0.15) is 65.4 Å². The van der Waals surface area contributed by atoms with E-state index in [9.17, 15) is 5.11 Å². The van der Waals surface area contributed by atoms with E-state index in [1.54, 1.807) is 0 Å². The normalized spacial score (nSPS) is 42.1. The molecule has 3 nitrogen and oxygen atoms in total. The highest BCUT2D eigenvalue weighted by Gasteiger charge is 2.87. The van der Waals surface area contributed by atoms with Crippen molar-refractivity contribution in [3.63, 3.8) is 0 Å². The standard InChI is InChI=1S/C29H44O3Si/c1-20-28(23-16-22(23)19-31-18-21-12-9-8-10-13-21)17-25(32-33(6,7)26(2,3)4)29(20)24(30)14-11-15-27(28,29)5/h8-10,12-13,22-25,30H,1,11,14-19H2,2-7H3/t22-,23+,24+,25-,27-,28+,29-/m0/s1. The third kappa shape index (κ3) is 3.03. The van der Waals surface area contributed by atoms with Crippen molar-refractivity contribution in [2.45, 2.75) is 96.7 Å². The summed E-state index contributed by atoms with van der Waals surface area (Å²) >= 11 is 0. The topological polar surface area (TPSA) is 38.7 Å². The average molecular weight is 469 g/mol. The van der Waals surface area contributed by atoms with Gasteiger partial charge in [-0.2, -0.15) is 0 Å². The van der Waals surface area contributed by atoms with Gasteiger partial charge in [0.15, 0.2) is 8.32 Å². The van der Waals surface area contributed by atoms with Crippen molar-refractivity contribution in [1.29, 1.82) is 0 Å². The number of hydrogen-bond acceptors (Lipinski definition) is 3. The maximum Gasteiger partial charge on any atom is 0.192 e. The lowest BCUT2D eigenvalue weighted by molar-refractivity contribution is -0.194. The maximum atomic E-state index is 11.5. The van der Waals surface area contributed by atoms with E-state index >= 15 is 0 Å². The van der Waals surface area contributed by atoms with Crippen LogP contribution in [-0.2, 0) is 15.8 Å². The molecule has 0 unspecified atom stereocenters. The van der Waals surface area contributed by atoms with Crippen molar-refractivity contribution in [1.82, 2.24) is 0 Å². The predicted molar refractivity (Wildman–Crippen MR) is 136 cm³/mol. The maximum absolute atomic E-state index is 11.5. The van der Waals surface area contributed by atoms with E-state index in [-0.39, 0.29) is 33.5 Å². The molecule has 1 aromatic carbocycles. The Morgan fingerprint density at radius 2 is 1.88 bits per heavy atom. The largest absolute Gasteiger partial charge is 0.413 e. The Labute approximate surface area is 202 Å².